The summed E-state index contributed by atoms with van der Waals surface area (Å²) in [5, 5.41) is 27.5. The van der Waals surface area contributed by atoms with Crippen molar-refractivity contribution >= 4 is 25.9 Å². The predicted octanol–water partition coefficient (Wildman–Crippen LogP) is 2.17. The van der Waals surface area contributed by atoms with Crippen molar-refractivity contribution in [2.75, 3.05) is 26.2 Å². The lowest BCUT2D eigenvalue weighted by molar-refractivity contribution is -0.144. The highest BCUT2D eigenvalue weighted by Gasteiger charge is 2.33. The van der Waals surface area contributed by atoms with E-state index in [9.17, 15) is 9.90 Å². The largest absolute Gasteiger partial charge is 0.481 e. The van der Waals surface area contributed by atoms with Crippen molar-refractivity contribution in [2.45, 2.75) is 38.5 Å². The molecule has 1 saturated heterocycles. The fourth-order valence-electron chi connectivity index (χ4n) is 3.85. The summed E-state index contributed by atoms with van der Waals surface area (Å²) in [6.07, 6.45) is 2.57. The number of benzene rings is 1. The first kappa shape index (κ1) is 22.2. The van der Waals surface area contributed by atoms with Crippen LogP contribution in [0, 0.1) is 11.8 Å². The van der Waals surface area contributed by atoms with Gasteiger partial charge < -0.3 is 15.2 Å². The first-order valence-electron chi connectivity index (χ1n) is 9.70. The van der Waals surface area contributed by atoms with Crippen LogP contribution in [0.1, 0.15) is 37.8 Å². The van der Waals surface area contributed by atoms with Crippen LogP contribution in [0.15, 0.2) is 30.3 Å². The minimum absolute atomic E-state index is 0.139. The van der Waals surface area contributed by atoms with Crippen LogP contribution < -0.4 is 0 Å². The van der Waals surface area contributed by atoms with Gasteiger partial charge in [0.15, 0.2) is 0 Å². The van der Waals surface area contributed by atoms with Crippen LogP contribution in [0.25, 0.3) is 0 Å². The van der Waals surface area contributed by atoms with Crippen LogP contribution >= 0.6 is 12.8 Å². The lowest BCUT2D eigenvalue weighted by Crippen LogP contribution is -2.42. The minimum atomic E-state index is -1.32. The highest BCUT2D eigenvalue weighted by molar-refractivity contribution is 7.77. The van der Waals surface area contributed by atoms with Gasteiger partial charge in [-0.15, -0.1) is 0 Å². The molecule has 1 heterocycles. The molecule has 0 bridgehead atoms. The normalized spacial score (nSPS) is 18.4. The monoisotopic (exact) mass is 394 g/mol. The van der Waals surface area contributed by atoms with Gasteiger partial charge in [0.25, 0.3) is 0 Å². The summed E-state index contributed by atoms with van der Waals surface area (Å²) in [5.74, 6) is -1.08. The van der Waals surface area contributed by atoms with Crippen molar-refractivity contribution in [1.29, 1.82) is 0 Å². The van der Waals surface area contributed by atoms with E-state index >= 15 is 0 Å². The molecule has 6 nitrogen and oxygen atoms in total. The van der Waals surface area contributed by atoms with E-state index < -0.39 is 19.0 Å². The summed E-state index contributed by atoms with van der Waals surface area (Å²) < 4.78 is 1.69. The van der Waals surface area contributed by atoms with Gasteiger partial charge >= 0.3 is 13.1 Å². The van der Waals surface area contributed by atoms with Gasteiger partial charge in [0, 0.05) is 19.1 Å². The first-order chi connectivity index (χ1) is 12.9. The Kier molecular flexibility index (Phi) is 9.12. The average molecular weight is 394 g/mol. The zero-order chi connectivity index (χ0) is 19.8. The third-order valence-electron chi connectivity index (χ3n) is 5.58. The van der Waals surface area contributed by atoms with Gasteiger partial charge in [-0.1, -0.05) is 43.1 Å². The van der Waals surface area contributed by atoms with Crippen LogP contribution in [-0.4, -0.2) is 63.6 Å². The Morgan fingerprint density at radius 3 is 2.48 bits per heavy atom. The number of hydrogen-bond donors (Lipinski definition) is 4. The zero-order valence-electron chi connectivity index (χ0n) is 15.9. The maximum absolute atomic E-state index is 11.8. The first-order valence-corrected chi connectivity index (χ1v) is 10.1. The van der Waals surface area contributed by atoms with E-state index in [1.54, 1.807) is 4.31 Å². The molecule has 0 aliphatic carbocycles. The maximum atomic E-state index is 11.8. The second-order valence-electron chi connectivity index (χ2n) is 7.44. The van der Waals surface area contributed by atoms with Crippen molar-refractivity contribution in [3.05, 3.63) is 35.9 Å². The van der Waals surface area contributed by atoms with Crippen molar-refractivity contribution < 1.29 is 19.9 Å². The Hall–Kier alpha value is -1.06. The Bertz CT molecular complexity index is 570. The third kappa shape index (κ3) is 7.12. The molecule has 2 atom stereocenters. The molecule has 8 heteroatoms. The van der Waals surface area contributed by atoms with Gasteiger partial charge in [0.2, 0.25) is 0 Å². The fourth-order valence-corrected chi connectivity index (χ4v) is 4.17. The van der Waals surface area contributed by atoms with E-state index in [-0.39, 0.29) is 12.2 Å². The maximum Gasteiger partial charge on any atom is 0.451 e. The standard InChI is InChI=1S/C19H31BN2O4S/c1-15(16-6-3-2-4-7-16)21-12-8-17(9-13-21)18(19(23)24)14-22(27)11-5-10-20(25)26/h2-4,6-7,15,17-18,25-27H,5,8-14H2,1H3,(H,23,24). The van der Waals surface area contributed by atoms with E-state index in [0.717, 1.165) is 25.9 Å². The molecule has 1 aromatic carbocycles. The molecule has 3 N–H and O–H groups in total. The molecule has 0 spiro atoms. The predicted molar refractivity (Wildman–Crippen MR) is 110 cm³/mol. The Balaban J connectivity index is 1.84. The fraction of sp³-hybridized carbons (Fsp3) is 0.632. The number of rotatable bonds is 10. The number of nitrogens with zero attached hydrogens (tertiary/aromatic N) is 2. The van der Waals surface area contributed by atoms with Crippen molar-refractivity contribution in [2.24, 2.45) is 11.8 Å². The van der Waals surface area contributed by atoms with Gasteiger partial charge in [0.1, 0.15) is 0 Å². The smallest absolute Gasteiger partial charge is 0.451 e. The van der Waals surface area contributed by atoms with Crippen LogP contribution in [-0.2, 0) is 4.79 Å². The summed E-state index contributed by atoms with van der Waals surface area (Å²) in [5.41, 5.74) is 1.29. The summed E-state index contributed by atoms with van der Waals surface area (Å²) in [7, 11) is -1.32. The number of piperidine rings is 1. The topological polar surface area (TPSA) is 84.2 Å². The van der Waals surface area contributed by atoms with Gasteiger partial charge in [-0.2, -0.15) is 0 Å². The lowest BCUT2D eigenvalue weighted by atomic mass is 9.83. The summed E-state index contributed by atoms with van der Waals surface area (Å²) in [6.45, 7) is 4.91. The molecular formula is C19H31BN2O4S. The average Bonchev–Trinajstić information content (AvgIpc) is 2.66. The number of carboxylic acids is 1. The van der Waals surface area contributed by atoms with E-state index in [4.69, 9.17) is 10.0 Å². The van der Waals surface area contributed by atoms with Crippen molar-refractivity contribution in [3.63, 3.8) is 0 Å². The number of aliphatic carboxylic acids is 1. The quantitative estimate of drug-likeness (QED) is 0.360. The van der Waals surface area contributed by atoms with Gasteiger partial charge in [-0.3, -0.25) is 14.0 Å². The molecule has 0 radical (unpaired) electrons. The molecule has 1 aromatic rings. The molecule has 150 valence electrons. The third-order valence-corrected chi connectivity index (χ3v) is 5.94. The molecule has 27 heavy (non-hydrogen) atoms. The number of likely N-dealkylation sites (tertiary alicyclic amines) is 1. The Morgan fingerprint density at radius 1 is 1.30 bits per heavy atom. The molecule has 1 aliphatic rings. The highest BCUT2D eigenvalue weighted by Crippen LogP contribution is 2.31. The van der Waals surface area contributed by atoms with Crippen LogP contribution in [0.3, 0.4) is 0 Å². The van der Waals surface area contributed by atoms with Gasteiger partial charge in [0.05, 0.1) is 5.92 Å². The summed E-state index contributed by atoms with van der Waals surface area (Å²) in [4.78, 5) is 14.2. The highest BCUT2D eigenvalue weighted by atomic mass is 32.1. The van der Waals surface area contributed by atoms with Gasteiger partial charge in [-0.25, -0.2) is 0 Å². The molecule has 1 fully saturated rings. The van der Waals surface area contributed by atoms with Crippen LogP contribution in [0.4, 0.5) is 0 Å². The van der Waals surface area contributed by atoms with E-state index in [0.29, 0.717) is 25.6 Å². The van der Waals surface area contributed by atoms with E-state index in [1.165, 1.54) is 5.56 Å². The second kappa shape index (κ2) is 11.1. The Labute approximate surface area is 167 Å². The Morgan fingerprint density at radius 2 is 1.93 bits per heavy atom. The van der Waals surface area contributed by atoms with E-state index in [2.05, 4.69) is 48.9 Å². The van der Waals surface area contributed by atoms with Gasteiger partial charge in [-0.05, 0) is 57.1 Å². The molecule has 0 saturated carbocycles. The number of thiol groups is 1. The second-order valence-corrected chi connectivity index (χ2v) is 8.01. The molecule has 1 aliphatic heterocycles. The SMILES string of the molecule is CC(c1ccccc1)N1CCC(C(CN(S)CCCB(O)O)C(=O)O)CC1. The summed E-state index contributed by atoms with van der Waals surface area (Å²) in [6, 6.07) is 10.7. The minimum Gasteiger partial charge on any atom is -0.481 e. The molecule has 0 aromatic heterocycles. The molecule has 2 rings (SSSR count). The molecule has 0 amide bonds. The van der Waals surface area contributed by atoms with E-state index in [1.807, 2.05) is 6.07 Å². The number of carboxylic acid groups (broad SMARTS) is 1. The molecule has 2 unspecified atom stereocenters. The lowest BCUT2D eigenvalue weighted by Gasteiger charge is -2.38. The van der Waals surface area contributed by atoms with Crippen LogP contribution in [0.5, 0.6) is 0 Å². The van der Waals surface area contributed by atoms with Crippen molar-refractivity contribution in [1.82, 2.24) is 9.21 Å². The summed E-state index contributed by atoms with van der Waals surface area (Å²) >= 11 is 4.38. The van der Waals surface area contributed by atoms with Crippen molar-refractivity contribution in [3.8, 4) is 0 Å². The van der Waals surface area contributed by atoms with Crippen LogP contribution in [0.2, 0.25) is 6.32 Å². The zero-order valence-corrected chi connectivity index (χ0v) is 16.8. The molecular weight excluding hydrogens is 363 g/mol. The number of carbonyl (C=O) groups is 1. The number of hydrogen-bond acceptors (Lipinski definition) is 6.